The Morgan fingerprint density at radius 2 is 2.17 bits per heavy atom. The van der Waals surface area contributed by atoms with Gasteiger partial charge in [-0.05, 0) is 48.0 Å². The molecule has 130 valence electrons. The Balaban J connectivity index is 1.69. The number of carbonyl (C=O) groups excluding carboxylic acids is 1. The van der Waals surface area contributed by atoms with Gasteiger partial charge in [-0.25, -0.2) is 14.0 Å². The Morgan fingerprint density at radius 3 is 2.83 bits per heavy atom. The minimum Gasteiger partial charge on any atom is -0.465 e. The van der Waals surface area contributed by atoms with E-state index in [-0.39, 0.29) is 24.8 Å². The van der Waals surface area contributed by atoms with Crippen molar-refractivity contribution in [3.63, 3.8) is 0 Å². The highest BCUT2D eigenvalue weighted by molar-refractivity contribution is 7.99. The minimum atomic E-state index is -1.18. The van der Waals surface area contributed by atoms with Crippen molar-refractivity contribution in [1.29, 1.82) is 0 Å². The van der Waals surface area contributed by atoms with E-state index in [1.165, 1.54) is 11.0 Å². The van der Waals surface area contributed by atoms with Crippen LogP contribution in [0, 0.1) is 5.82 Å². The van der Waals surface area contributed by atoms with Gasteiger partial charge in [0.2, 0.25) is 0 Å². The van der Waals surface area contributed by atoms with Gasteiger partial charge in [-0.2, -0.15) is 11.8 Å². The highest BCUT2D eigenvalue weighted by atomic mass is 32.2. The lowest BCUT2D eigenvalue weighted by Gasteiger charge is -2.23. The van der Waals surface area contributed by atoms with Crippen molar-refractivity contribution >= 4 is 29.6 Å². The number of rotatable bonds is 4. The quantitative estimate of drug-likeness (QED) is 0.869. The van der Waals surface area contributed by atoms with Crippen LogP contribution >= 0.6 is 11.8 Å². The van der Waals surface area contributed by atoms with E-state index in [9.17, 15) is 14.0 Å². The number of carboxylic acid groups (broad SMARTS) is 1. The predicted octanol–water partition coefficient (Wildman–Crippen LogP) is 3.03. The monoisotopic (exact) mass is 354 g/mol. The molecule has 3 rings (SSSR count). The third-order valence-corrected chi connectivity index (χ3v) is 5.36. The van der Waals surface area contributed by atoms with E-state index >= 15 is 0 Å². The molecule has 0 radical (unpaired) electrons. The number of hydrogen-bond acceptors (Lipinski definition) is 4. The molecular weight excluding hydrogens is 335 g/mol. The van der Waals surface area contributed by atoms with Crippen molar-refractivity contribution in [2.24, 2.45) is 0 Å². The van der Waals surface area contributed by atoms with Crippen molar-refractivity contribution in [1.82, 2.24) is 5.32 Å². The number of thioether (sulfide) groups is 1. The second-order valence-electron chi connectivity index (χ2n) is 5.89. The van der Waals surface area contributed by atoms with Crippen molar-refractivity contribution < 1.29 is 23.8 Å². The molecule has 1 atom stereocenters. The van der Waals surface area contributed by atoms with Gasteiger partial charge in [-0.3, -0.25) is 4.90 Å². The molecule has 0 bridgehead atoms. The number of carbonyl (C=O) groups is 2. The highest BCUT2D eigenvalue weighted by Crippen LogP contribution is 2.34. The number of nitrogens with zero attached hydrogens (tertiary/aromatic N) is 1. The number of anilines is 1. The van der Waals surface area contributed by atoms with E-state index in [4.69, 9.17) is 9.84 Å². The summed E-state index contributed by atoms with van der Waals surface area (Å²) in [7, 11) is 0. The van der Waals surface area contributed by atoms with Crippen LogP contribution in [0.3, 0.4) is 0 Å². The van der Waals surface area contributed by atoms with Crippen molar-refractivity contribution in [2.75, 3.05) is 29.5 Å². The lowest BCUT2D eigenvalue weighted by Crippen LogP contribution is -2.33. The van der Waals surface area contributed by atoms with Gasteiger partial charge in [0.25, 0.3) is 0 Å². The maximum absolute atomic E-state index is 14.5. The van der Waals surface area contributed by atoms with Gasteiger partial charge in [-0.15, -0.1) is 0 Å². The normalized spacial score (nSPS) is 21.6. The fourth-order valence-corrected chi connectivity index (χ4v) is 4.17. The summed E-state index contributed by atoms with van der Waals surface area (Å²) < 4.78 is 19.6. The minimum absolute atomic E-state index is 0.0118. The number of ether oxygens (including phenoxy) is 1. The van der Waals surface area contributed by atoms with Gasteiger partial charge < -0.3 is 15.2 Å². The number of halogens is 1. The number of amides is 2. The molecule has 1 aromatic carbocycles. The average molecular weight is 354 g/mol. The van der Waals surface area contributed by atoms with Crippen LogP contribution in [0.15, 0.2) is 18.2 Å². The first kappa shape index (κ1) is 16.9. The summed E-state index contributed by atoms with van der Waals surface area (Å²) in [5.41, 5.74) is 1.14. The van der Waals surface area contributed by atoms with Gasteiger partial charge in [0, 0.05) is 0 Å². The van der Waals surface area contributed by atoms with E-state index in [1.54, 1.807) is 12.1 Å². The largest absolute Gasteiger partial charge is 0.465 e. The average Bonchev–Trinajstić information content (AvgIpc) is 2.94. The maximum atomic E-state index is 14.5. The molecule has 0 aromatic heterocycles. The van der Waals surface area contributed by atoms with Crippen LogP contribution in [-0.4, -0.2) is 48.0 Å². The summed E-state index contributed by atoms with van der Waals surface area (Å²) in [6, 6.07) is 4.85. The molecule has 8 heteroatoms. The van der Waals surface area contributed by atoms with Crippen LogP contribution in [0.25, 0.3) is 0 Å². The molecule has 2 heterocycles. The lowest BCUT2D eigenvalue weighted by molar-refractivity contribution is 0.136. The Hall–Kier alpha value is -1.96. The van der Waals surface area contributed by atoms with Crippen LogP contribution < -0.4 is 10.2 Å². The molecule has 2 aliphatic heterocycles. The fourth-order valence-electron chi connectivity index (χ4n) is 3.06. The molecule has 0 aliphatic carbocycles. The summed E-state index contributed by atoms with van der Waals surface area (Å²) >= 11 is 1.89. The van der Waals surface area contributed by atoms with Gasteiger partial charge in [0.1, 0.15) is 11.9 Å². The topological polar surface area (TPSA) is 78.9 Å². The molecular formula is C16H19FN2O4S. The molecule has 1 aromatic rings. The Morgan fingerprint density at radius 1 is 1.42 bits per heavy atom. The standard InChI is InChI=1S/C16H19FN2O4S/c17-14-7-11(1-2-13(14)10-3-5-24-6-4-10)19-9-12(23-16(19)22)8-18-15(20)21/h1-2,7,10,12,18H,3-6,8-9H2,(H,20,21)/t12-/m0/s1. The summed E-state index contributed by atoms with van der Waals surface area (Å²) in [5.74, 6) is 2.02. The first-order valence-corrected chi connectivity index (χ1v) is 9.02. The van der Waals surface area contributed by atoms with Gasteiger partial charge in [0.05, 0.1) is 18.8 Å². The third-order valence-electron chi connectivity index (χ3n) is 4.31. The number of benzene rings is 1. The molecule has 24 heavy (non-hydrogen) atoms. The molecule has 2 N–H and O–H groups in total. The van der Waals surface area contributed by atoms with Gasteiger partial charge >= 0.3 is 12.2 Å². The lowest BCUT2D eigenvalue weighted by atomic mass is 9.93. The van der Waals surface area contributed by atoms with Crippen molar-refractivity contribution in [3.05, 3.63) is 29.6 Å². The Kier molecular flexibility index (Phi) is 5.13. The molecule has 2 amide bonds. The number of cyclic esters (lactones) is 1. The van der Waals surface area contributed by atoms with Crippen LogP contribution in [0.5, 0.6) is 0 Å². The first-order chi connectivity index (χ1) is 11.5. The molecule has 0 spiro atoms. The number of hydrogen-bond donors (Lipinski definition) is 2. The zero-order chi connectivity index (χ0) is 17.1. The molecule has 2 fully saturated rings. The van der Waals surface area contributed by atoms with Crippen LogP contribution in [0.4, 0.5) is 19.7 Å². The van der Waals surface area contributed by atoms with Crippen molar-refractivity contribution in [3.8, 4) is 0 Å². The second kappa shape index (κ2) is 7.29. The van der Waals surface area contributed by atoms with Crippen molar-refractivity contribution in [2.45, 2.75) is 24.9 Å². The van der Waals surface area contributed by atoms with Crippen LogP contribution in [0.1, 0.15) is 24.3 Å². The Bertz CT molecular complexity index is 637. The summed E-state index contributed by atoms with van der Waals surface area (Å²) in [5, 5.41) is 10.8. The van der Waals surface area contributed by atoms with Gasteiger partial charge in [0.15, 0.2) is 0 Å². The Labute approximate surface area is 143 Å². The fraction of sp³-hybridized carbons (Fsp3) is 0.500. The first-order valence-electron chi connectivity index (χ1n) is 7.86. The zero-order valence-electron chi connectivity index (χ0n) is 13.0. The van der Waals surface area contributed by atoms with E-state index < -0.39 is 18.3 Å². The smallest absolute Gasteiger partial charge is 0.414 e. The molecule has 2 saturated heterocycles. The van der Waals surface area contributed by atoms with Gasteiger partial charge in [-0.1, -0.05) is 6.07 Å². The molecule has 6 nitrogen and oxygen atoms in total. The van der Waals surface area contributed by atoms with E-state index in [1.807, 2.05) is 11.8 Å². The van der Waals surface area contributed by atoms with E-state index in [2.05, 4.69) is 5.32 Å². The predicted molar refractivity (Wildman–Crippen MR) is 89.3 cm³/mol. The summed E-state index contributed by atoms with van der Waals surface area (Å²) in [6.07, 6.45) is -0.406. The SMILES string of the molecule is O=C(O)NC[C@H]1CN(c2ccc(C3CCSCC3)c(F)c2)C(=O)O1. The van der Waals surface area contributed by atoms with E-state index in [0.717, 1.165) is 24.3 Å². The molecule has 2 aliphatic rings. The highest BCUT2D eigenvalue weighted by Gasteiger charge is 2.33. The second-order valence-corrected chi connectivity index (χ2v) is 7.12. The molecule has 0 saturated carbocycles. The zero-order valence-corrected chi connectivity index (χ0v) is 13.9. The van der Waals surface area contributed by atoms with E-state index in [0.29, 0.717) is 11.3 Å². The summed E-state index contributed by atoms with van der Waals surface area (Å²) in [6.45, 7) is 0.204. The third kappa shape index (κ3) is 3.75. The summed E-state index contributed by atoms with van der Waals surface area (Å²) in [4.78, 5) is 23.8. The number of nitrogens with one attached hydrogen (secondary N) is 1. The van der Waals surface area contributed by atoms with Crippen LogP contribution in [-0.2, 0) is 4.74 Å². The molecule has 0 unspecified atom stereocenters. The maximum Gasteiger partial charge on any atom is 0.414 e. The van der Waals surface area contributed by atoms with Crippen LogP contribution in [0.2, 0.25) is 0 Å².